The van der Waals surface area contributed by atoms with Crippen LogP contribution in [0.3, 0.4) is 0 Å². The number of aryl methyl sites for hydroxylation is 2. The summed E-state index contributed by atoms with van der Waals surface area (Å²) in [5, 5.41) is 2.64. The Balaban J connectivity index is 1.79. The second-order valence-electron chi connectivity index (χ2n) is 7.76. The predicted octanol–water partition coefficient (Wildman–Crippen LogP) is 3.83. The Labute approximate surface area is 215 Å². The van der Waals surface area contributed by atoms with Crippen LogP contribution in [-0.4, -0.2) is 50.1 Å². The maximum Gasteiger partial charge on any atom is 0.263 e. The Morgan fingerprint density at radius 1 is 0.944 bits per heavy atom. The third-order valence-electron chi connectivity index (χ3n) is 5.14. The number of benzene rings is 2. The Kier molecular flexibility index (Phi) is 8.34. The zero-order valence-electron chi connectivity index (χ0n) is 20.1. The topological polar surface area (TPSA) is 138 Å². The molecule has 2 N–H and O–H groups in total. The maximum atomic E-state index is 12.9. The van der Waals surface area contributed by atoms with Gasteiger partial charge in [0.2, 0.25) is 10.0 Å². The van der Waals surface area contributed by atoms with Crippen molar-refractivity contribution in [3.63, 3.8) is 0 Å². The Bertz CT molecular complexity index is 1470. The lowest BCUT2D eigenvalue weighted by molar-refractivity contribution is 0.102. The molecule has 0 spiro atoms. The average molecular weight is 552 g/mol. The zero-order chi connectivity index (χ0) is 26.7. The largest absolute Gasteiger partial charge is 0.322 e. The summed E-state index contributed by atoms with van der Waals surface area (Å²) < 4.78 is 54.9. The van der Waals surface area contributed by atoms with Crippen molar-refractivity contribution in [3.8, 4) is 0 Å². The smallest absolute Gasteiger partial charge is 0.263 e. The van der Waals surface area contributed by atoms with Gasteiger partial charge < -0.3 is 5.32 Å². The highest BCUT2D eigenvalue weighted by molar-refractivity contribution is 7.92. The number of rotatable bonds is 9. The van der Waals surface area contributed by atoms with Crippen LogP contribution in [0.1, 0.15) is 35.7 Å². The van der Waals surface area contributed by atoms with Crippen LogP contribution >= 0.6 is 11.6 Å². The number of halogens is 1. The van der Waals surface area contributed by atoms with Crippen molar-refractivity contribution in [1.29, 1.82) is 0 Å². The highest BCUT2D eigenvalue weighted by atomic mass is 35.5. The molecule has 0 atom stereocenters. The second-order valence-corrected chi connectivity index (χ2v) is 11.8. The minimum atomic E-state index is -3.92. The van der Waals surface area contributed by atoms with Gasteiger partial charge in [0, 0.05) is 36.1 Å². The summed E-state index contributed by atoms with van der Waals surface area (Å²) in [4.78, 5) is 20.8. The molecule has 1 amide bonds. The van der Waals surface area contributed by atoms with Gasteiger partial charge in [-0.25, -0.2) is 26.8 Å². The molecule has 3 rings (SSSR count). The molecule has 0 radical (unpaired) electrons. The Morgan fingerprint density at radius 2 is 1.58 bits per heavy atom. The molecule has 0 unspecified atom stereocenters. The molecule has 36 heavy (non-hydrogen) atoms. The number of nitrogens with one attached hydrogen (secondary N) is 2. The molecule has 192 valence electrons. The summed E-state index contributed by atoms with van der Waals surface area (Å²) in [5.41, 5.74) is 1.02. The van der Waals surface area contributed by atoms with E-state index < -0.39 is 26.0 Å². The molecule has 0 saturated heterocycles. The van der Waals surface area contributed by atoms with Crippen molar-refractivity contribution >= 4 is 49.1 Å². The van der Waals surface area contributed by atoms with Gasteiger partial charge in [0.15, 0.2) is 0 Å². The van der Waals surface area contributed by atoms with Gasteiger partial charge in [0.05, 0.1) is 9.92 Å². The molecule has 13 heteroatoms. The fourth-order valence-electron chi connectivity index (χ4n) is 3.43. The van der Waals surface area contributed by atoms with E-state index in [2.05, 4.69) is 20.0 Å². The molecule has 10 nitrogen and oxygen atoms in total. The maximum absolute atomic E-state index is 12.9. The highest BCUT2D eigenvalue weighted by Crippen LogP contribution is 2.26. The number of hydrogen-bond acceptors (Lipinski definition) is 7. The number of nitrogens with zero attached hydrogens (tertiary/aromatic N) is 3. The molecule has 0 saturated carbocycles. The number of sulfonamides is 2. The average Bonchev–Trinajstić information content (AvgIpc) is 2.79. The molecule has 0 bridgehead atoms. The first-order chi connectivity index (χ1) is 16.9. The summed E-state index contributed by atoms with van der Waals surface area (Å²) in [7, 11) is -7.80. The molecular formula is C23H26ClN5O5S2. The van der Waals surface area contributed by atoms with Crippen LogP contribution < -0.4 is 10.0 Å². The van der Waals surface area contributed by atoms with Gasteiger partial charge in [-0.1, -0.05) is 25.4 Å². The van der Waals surface area contributed by atoms with Crippen molar-refractivity contribution in [3.05, 3.63) is 70.6 Å². The van der Waals surface area contributed by atoms with E-state index in [1.807, 2.05) is 0 Å². The summed E-state index contributed by atoms with van der Waals surface area (Å²) in [5.74, 6) is -0.0000636. The van der Waals surface area contributed by atoms with Crippen molar-refractivity contribution < 1.29 is 21.6 Å². The molecule has 1 heterocycles. The van der Waals surface area contributed by atoms with Gasteiger partial charge in [-0.15, -0.1) is 0 Å². The van der Waals surface area contributed by atoms with E-state index in [1.165, 1.54) is 52.8 Å². The van der Waals surface area contributed by atoms with Crippen molar-refractivity contribution in [2.75, 3.05) is 23.1 Å². The molecule has 2 aromatic carbocycles. The summed E-state index contributed by atoms with van der Waals surface area (Å²) in [6, 6.07) is 11.0. The van der Waals surface area contributed by atoms with Crippen LogP contribution in [0.25, 0.3) is 0 Å². The molecule has 1 aromatic heterocycles. The van der Waals surface area contributed by atoms with E-state index >= 15 is 0 Å². The zero-order valence-corrected chi connectivity index (χ0v) is 22.5. The van der Waals surface area contributed by atoms with Crippen LogP contribution in [0.5, 0.6) is 0 Å². The normalized spacial score (nSPS) is 11.9. The number of carbonyl (C=O) groups is 1. The SMILES string of the molecule is CCN(CC)S(=O)(=O)c1cc(C(=O)Nc2ccc(S(=O)(=O)Nc3cc(C)nc(C)n3)cc2)ccc1Cl. The summed E-state index contributed by atoms with van der Waals surface area (Å²) in [6.07, 6.45) is 0. The van der Waals surface area contributed by atoms with E-state index in [9.17, 15) is 21.6 Å². The third-order valence-corrected chi connectivity index (χ3v) is 9.05. The molecule has 0 aliphatic heterocycles. The van der Waals surface area contributed by atoms with Crippen LogP contribution in [0.15, 0.2) is 58.3 Å². The predicted molar refractivity (Wildman–Crippen MR) is 138 cm³/mol. The lowest BCUT2D eigenvalue weighted by Gasteiger charge is -2.19. The van der Waals surface area contributed by atoms with Crippen LogP contribution in [0.4, 0.5) is 11.5 Å². The molecule has 0 aliphatic rings. The number of aromatic nitrogens is 2. The third kappa shape index (κ3) is 6.19. The van der Waals surface area contributed by atoms with Crippen molar-refractivity contribution in [2.45, 2.75) is 37.5 Å². The van der Waals surface area contributed by atoms with Gasteiger partial charge in [-0.2, -0.15) is 4.31 Å². The fraction of sp³-hybridized carbons (Fsp3) is 0.261. The minimum absolute atomic E-state index is 0.00887. The Morgan fingerprint density at radius 3 is 2.17 bits per heavy atom. The number of anilines is 2. The number of hydrogen-bond donors (Lipinski definition) is 2. The van der Waals surface area contributed by atoms with E-state index in [0.717, 1.165) is 0 Å². The van der Waals surface area contributed by atoms with Gasteiger partial charge >= 0.3 is 0 Å². The van der Waals surface area contributed by atoms with Crippen LogP contribution in [0, 0.1) is 13.8 Å². The van der Waals surface area contributed by atoms with Crippen molar-refractivity contribution in [2.24, 2.45) is 0 Å². The number of carbonyl (C=O) groups excluding carboxylic acids is 1. The first-order valence-corrected chi connectivity index (χ1v) is 14.2. The lowest BCUT2D eigenvalue weighted by atomic mass is 10.2. The second kappa shape index (κ2) is 10.9. The first-order valence-electron chi connectivity index (χ1n) is 10.9. The van der Waals surface area contributed by atoms with E-state index in [0.29, 0.717) is 17.2 Å². The van der Waals surface area contributed by atoms with E-state index in [4.69, 9.17) is 11.6 Å². The van der Waals surface area contributed by atoms with E-state index in [-0.39, 0.29) is 39.3 Å². The van der Waals surface area contributed by atoms with Gasteiger partial charge in [0.25, 0.3) is 15.9 Å². The lowest BCUT2D eigenvalue weighted by Crippen LogP contribution is -2.31. The van der Waals surface area contributed by atoms with Crippen LogP contribution in [0.2, 0.25) is 5.02 Å². The molecule has 3 aromatic rings. The van der Waals surface area contributed by atoms with Gasteiger partial charge in [-0.05, 0) is 56.3 Å². The van der Waals surface area contributed by atoms with E-state index in [1.54, 1.807) is 27.7 Å². The molecular weight excluding hydrogens is 526 g/mol. The Hall–Kier alpha value is -3.06. The van der Waals surface area contributed by atoms with Gasteiger partial charge in [-0.3, -0.25) is 9.52 Å². The van der Waals surface area contributed by atoms with Crippen molar-refractivity contribution in [1.82, 2.24) is 14.3 Å². The van der Waals surface area contributed by atoms with Crippen LogP contribution in [-0.2, 0) is 20.0 Å². The first kappa shape index (κ1) is 27.5. The monoisotopic (exact) mass is 551 g/mol. The fourth-order valence-corrected chi connectivity index (χ4v) is 6.38. The summed E-state index contributed by atoms with van der Waals surface area (Å²) >= 11 is 6.13. The molecule has 0 aliphatic carbocycles. The minimum Gasteiger partial charge on any atom is -0.322 e. The highest BCUT2D eigenvalue weighted by Gasteiger charge is 2.25. The standard InChI is InChI=1S/C23H26ClN5O5S2/c1-5-29(6-2)36(33,34)21-14-17(7-12-20(21)24)23(30)27-18-8-10-19(11-9-18)35(31,32)28-22-13-15(3)25-16(4)26-22/h7-14H,5-6H2,1-4H3,(H,27,30)(H,25,26,28). The number of amides is 1. The quantitative estimate of drug-likeness (QED) is 0.412. The van der Waals surface area contributed by atoms with Gasteiger partial charge in [0.1, 0.15) is 16.5 Å². The molecule has 0 fully saturated rings. The summed E-state index contributed by atoms with van der Waals surface area (Å²) in [6.45, 7) is 7.32.